The molecule has 3 heteroatoms. The number of hydrogen-bond acceptors (Lipinski definition) is 3. The number of nitrogens with zero attached hydrogens (tertiary/aromatic N) is 1. The van der Waals surface area contributed by atoms with Crippen molar-refractivity contribution in [2.75, 3.05) is 0 Å². The minimum absolute atomic E-state index is 0.0190. The molecule has 1 rings (SSSR count). The van der Waals surface area contributed by atoms with Gasteiger partial charge in [0.2, 0.25) is 6.29 Å². The van der Waals surface area contributed by atoms with Crippen LogP contribution in [0.25, 0.3) is 0 Å². The van der Waals surface area contributed by atoms with Crippen LogP contribution in [0, 0.1) is 11.3 Å². The van der Waals surface area contributed by atoms with Crippen molar-refractivity contribution in [3.05, 3.63) is 30.3 Å². The summed E-state index contributed by atoms with van der Waals surface area (Å²) in [4.78, 5) is 0. The van der Waals surface area contributed by atoms with Crippen LogP contribution in [0.3, 0.4) is 0 Å². The zero-order valence-electron chi connectivity index (χ0n) is 6.47. The first-order chi connectivity index (χ1) is 5.83. The number of hydrogen-bond donors (Lipinski definition) is 1. The van der Waals surface area contributed by atoms with Gasteiger partial charge in [-0.25, -0.2) is 0 Å². The molecular formula is C9H9NO2. The van der Waals surface area contributed by atoms with Gasteiger partial charge in [-0.3, -0.25) is 0 Å². The third-order valence-corrected chi connectivity index (χ3v) is 1.28. The molecule has 12 heavy (non-hydrogen) atoms. The molecule has 0 aliphatic heterocycles. The predicted octanol–water partition coefficient (Wildman–Crippen LogP) is 1.30. The van der Waals surface area contributed by atoms with Gasteiger partial charge in [0.05, 0.1) is 12.5 Å². The van der Waals surface area contributed by atoms with Crippen LogP contribution in [0.5, 0.6) is 5.75 Å². The summed E-state index contributed by atoms with van der Waals surface area (Å²) in [7, 11) is 0. The second kappa shape index (κ2) is 4.37. The van der Waals surface area contributed by atoms with E-state index in [0.29, 0.717) is 5.75 Å². The van der Waals surface area contributed by atoms with Gasteiger partial charge in [-0.1, -0.05) is 18.2 Å². The maximum atomic E-state index is 9.06. The maximum absolute atomic E-state index is 9.06. The lowest BCUT2D eigenvalue weighted by Gasteiger charge is -2.09. The lowest BCUT2D eigenvalue weighted by atomic mass is 10.3. The van der Waals surface area contributed by atoms with Crippen LogP contribution < -0.4 is 4.74 Å². The summed E-state index contributed by atoms with van der Waals surface area (Å²) in [5.74, 6) is 0.570. The largest absolute Gasteiger partial charge is 0.464 e. The second-order valence-electron chi connectivity index (χ2n) is 2.25. The fraction of sp³-hybridized carbons (Fsp3) is 0.222. The van der Waals surface area contributed by atoms with Crippen molar-refractivity contribution in [3.63, 3.8) is 0 Å². The van der Waals surface area contributed by atoms with Gasteiger partial charge in [0.1, 0.15) is 5.75 Å². The van der Waals surface area contributed by atoms with Crippen LogP contribution in [0.1, 0.15) is 6.42 Å². The maximum Gasteiger partial charge on any atom is 0.210 e. The molecule has 1 aromatic carbocycles. The Labute approximate surface area is 70.8 Å². The molecule has 0 bridgehead atoms. The topological polar surface area (TPSA) is 53.2 Å². The zero-order valence-corrected chi connectivity index (χ0v) is 6.47. The molecule has 0 fully saturated rings. The van der Waals surface area contributed by atoms with Gasteiger partial charge in [-0.2, -0.15) is 5.26 Å². The van der Waals surface area contributed by atoms with Gasteiger partial charge >= 0.3 is 0 Å². The summed E-state index contributed by atoms with van der Waals surface area (Å²) in [6, 6.07) is 10.7. The third kappa shape index (κ3) is 2.60. The quantitative estimate of drug-likeness (QED) is 0.683. The SMILES string of the molecule is N#CCC(O)Oc1ccccc1. The van der Waals surface area contributed by atoms with Crippen LogP contribution in [-0.2, 0) is 0 Å². The predicted molar refractivity (Wildman–Crippen MR) is 43.3 cm³/mol. The average molecular weight is 163 g/mol. The van der Waals surface area contributed by atoms with Crippen molar-refractivity contribution in [2.24, 2.45) is 0 Å². The lowest BCUT2D eigenvalue weighted by Crippen LogP contribution is -2.13. The van der Waals surface area contributed by atoms with Crippen molar-refractivity contribution in [2.45, 2.75) is 12.7 Å². The highest BCUT2D eigenvalue weighted by Gasteiger charge is 2.02. The van der Waals surface area contributed by atoms with E-state index in [1.54, 1.807) is 24.3 Å². The Morgan fingerprint density at radius 1 is 1.42 bits per heavy atom. The van der Waals surface area contributed by atoms with Gasteiger partial charge in [0, 0.05) is 0 Å². The average Bonchev–Trinajstić information content (AvgIpc) is 2.06. The van der Waals surface area contributed by atoms with Crippen LogP contribution >= 0.6 is 0 Å². The van der Waals surface area contributed by atoms with Crippen molar-refractivity contribution in [1.29, 1.82) is 5.26 Å². The zero-order chi connectivity index (χ0) is 8.81. The number of ether oxygens (including phenoxy) is 1. The molecule has 1 aromatic rings. The van der Waals surface area contributed by atoms with Gasteiger partial charge in [-0.05, 0) is 12.1 Å². The molecule has 3 nitrogen and oxygen atoms in total. The Morgan fingerprint density at radius 2 is 2.08 bits per heavy atom. The number of benzene rings is 1. The molecule has 1 atom stereocenters. The molecule has 0 saturated carbocycles. The van der Waals surface area contributed by atoms with Gasteiger partial charge < -0.3 is 9.84 Å². The van der Waals surface area contributed by atoms with Gasteiger partial charge in [0.25, 0.3) is 0 Å². The number of nitriles is 1. The summed E-state index contributed by atoms with van der Waals surface area (Å²) in [6.07, 6.45) is -1.05. The minimum atomic E-state index is -1.03. The highest BCUT2D eigenvalue weighted by Crippen LogP contribution is 2.10. The van der Waals surface area contributed by atoms with Crippen LogP contribution in [0.15, 0.2) is 30.3 Å². The molecule has 0 amide bonds. The molecule has 0 saturated heterocycles. The first-order valence-corrected chi connectivity index (χ1v) is 3.59. The molecule has 1 unspecified atom stereocenters. The molecule has 62 valence electrons. The van der Waals surface area contributed by atoms with E-state index in [4.69, 9.17) is 15.1 Å². The highest BCUT2D eigenvalue weighted by atomic mass is 16.6. The summed E-state index contributed by atoms with van der Waals surface area (Å²) >= 11 is 0. The Morgan fingerprint density at radius 3 is 2.67 bits per heavy atom. The molecule has 0 heterocycles. The molecule has 0 radical (unpaired) electrons. The third-order valence-electron chi connectivity index (χ3n) is 1.28. The number of aliphatic hydroxyl groups excluding tert-OH is 1. The minimum Gasteiger partial charge on any atom is -0.464 e. The lowest BCUT2D eigenvalue weighted by molar-refractivity contribution is -0.0123. The standard InChI is InChI=1S/C9H9NO2/c10-7-6-9(11)12-8-4-2-1-3-5-8/h1-5,9,11H,6H2. The Bertz CT molecular complexity index is 266. The fourth-order valence-corrected chi connectivity index (χ4v) is 0.776. The first-order valence-electron chi connectivity index (χ1n) is 3.59. The number of aliphatic hydroxyl groups is 1. The van der Waals surface area contributed by atoms with Crippen molar-refractivity contribution >= 4 is 0 Å². The number of para-hydroxylation sites is 1. The summed E-state index contributed by atoms with van der Waals surface area (Å²) in [6.45, 7) is 0. The van der Waals surface area contributed by atoms with Crippen molar-refractivity contribution in [1.82, 2.24) is 0 Å². The highest BCUT2D eigenvalue weighted by molar-refractivity contribution is 5.21. The van der Waals surface area contributed by atoms with E-state index in [2.05, 4.69) is 0 Å². The normalized spacial score (nSPS) is 11.7. The Hall–Kier alpha value is -1.53. The number of rotatable bonds is 3. The van der Waals surface area contributed by atoms with Crippen LogP contribution in [0.2, 0.25) is 0 Å². The van der Waals surface area contributed by atoms with Gasteiger partial charge in [0.15, 0.2) is 0 Å². The second-order valence-corrected chi connectivity index (χ2v) is 2.25. The van der Waals surface area contributed by atoms with E-state index in [0.717, 1.165) is 0 Å². The summed E-state index contributed by atoms with van der Waals surface area (Å²) < 4.78 is 4.99. The van der Waals surface area contributed by atoms with E-state index < -0.39 is 6.29 Å². The first kappa shape index (κ1) is 8.57. The van der Waals surface area contributed by atoms with E-state index in [1.807, 2.05) is 12.1 Å². The fourth-order valence-electron chi connectivity index (χ4n) is 0.776. The smallest absolute Gasteiger partial charge is 0.210 e. The molecule has 0 aliphatic carbocycles. The molecule has 1 N–H and O–H groups in total. The molecular weight excluding hydrogens is 154 g/mol. The van der Waals surface area contributed by atoms with E-state index in [-0.39, 0.29) is 6.42 Å². The Kier molecular flexibility index (Phi) is 3.12. The van der Waals surface area contributed by atoms with E-state index in [1.165, 1.54) is 0 Å². The van der Waals surface area contributed by atoms with Crippen molar-refractivity contribution < 1.29 is 9.84 Å². The monoisotopic (exact) mass is 163 g/mol. The summed E-state index contributed by atoms with van der Waals surface area (Å²) in [5, 5.41) is 17.3. The van der Waals surface area contributed by atoms with Crippen LogP contribution in [0.4, 0.5) is 0 Å². The van der Waals surface area contributed by atoms with Gasteiger partial charge in [-0.15, -0.1) is 0 Å². The molecule has 0 aromatic heterocycles. The van der Waals surface area contributed by atoms with Crippen LogP contribution in [-0.4, -0.2) is 11.4 Å². The molecule has 0 spiro atoms. The summed E-state index contributed by atoms with van der Waals surface area (Å²) in [5.41, 5.74) is 0. The van der Waals surface area contributed by atoms with Crippen molar-refractivity contribution in [3.8, 4) is 11.8 Å². The van der Waals surface area contributed by atoms with E-state index >= 15 is 0 Å². The Balaban J connectivity index is 2.48. The molecule has 0 aliphatic rings. The van der Waals surface area contributed by atoms with E-state index in [9.17, 15) is 0 Å².